The van der Waals surface area contributed by atoms with Gasteiger partial charge in [-0.3, -0.25) is 19.9 Å². The van der Waals surface area contributed by atoms with Crippen molar-refractivity contribution in [2.24, 2.45) is 12.8 Å². The lowest BCUT2D eigenvalue weighted by Crippen LogP contribution is -2.14. The lowest BCUT2D eigenvalue weighted by molar-refractivity contribution is -0.384. The van der Waals surface area contributed by atoms with Crippen molar-refractivity contribution in [3.05, 3.63) is 70.5 Å². The summed E-state index contributed by atoms with van der Waals surface area (Å²) in [7, 11) is 3.28. The van der Waals surface area contributed by atoms with E-state index in [0.29, 0.717) is 40.1 Å². The Morgan fingerprint density at radius 2 is 1.97 bits per heavy atom. The Kier molecular flexibility index (Phi) is 5.77. The molecular formula is C22H20N6O5. The van der Waals surface area contributed by atoms with Crippen molar-refractivity contribution in [1.29, 1.82) is 0 Å². The predicted molar refractivity (Wildman–Crippen MR) is 121 cm³/mol. The van der Waals surface area contributed by atoms with Crippen molar-refractivity contribution >= 4 is 34.3 Å². The minimum absolute atomic E-state index is 0.0254. The maximum atomic E-state index is 11.1. The van der Waals surface area contributed by atoms with Crippen LogP contribution in [0.5, 0.6) is 17.2 Å². The highest BCUT2D eigenvalue weighted by Gasteiger charge is 2.15. The summed E-state index contributed by atoms with van der Waals surface area (Å²) in [5.41, 5.74) is 7.72. The number of nitrogens with zero attached hydrogens (tertiary/aromatic N) is 4. The third kappa shape index (κ3) is 4.66. The van der Waals surface area contributed by atoms with Gasteiger partial charge < -0.3 is 25.1 Å². The van der Waals surface area contributed by atoms with Crippen LogP contribution in [-0.2, 0) is 18.3 Å². The van der Waals surface area contributed by atoms with Crippen molar-refractivity contribution in [3.63, 3.8) is 0 Å². The Balaban J connectivity index is 1.60. The third-order valence-corrected chi connectivity index (χ3v) is 4.87. The number of carbonyl (C=O) groups excluding carboxylic acids is 1. The van der Waals surface area contributed by atoms with E-state index in [4.69, 9.17) is 15.2 Å². The number of primary amides is 1. The Labute approximate surface area is 187 Å². The topological polar surface area (TPSA) is 147 Å². The standard InChI is InChI=1S/C22H20N6O5/c1-27-19-6-4-15(33-16-7-8-24-13(9-16)10-21(23)29)12-18(19)26-22(27)25-17-5-3-14(28(30)31)11-20(17)32-2/h3-9,11-12H,10H2,1-2H3,(H2,23,29)(H,25,26). The molecule has 0 unspecified atom stereocenters. The number of non-ortho nitro benzene ring substituents is 1. The van der Waals surface area contributed by atoms with Crippen LogP contribution in [0.25, 0.3) is 11.0 Å². The molecule has 0 bridgehead atoms. The number of amides is 1. The van der Waals surface area contributed by atoms with Gasteiger partial charge in [0.2, 0.25) is 11.9 Å². The highest BCUT2D eigenvalue weighted by atomic mass is 16.6. The minimum atomic E-state index is -0.484. The zero-order chi connectivity index (χ0) is 23.5. The van der Waals surface area contributed by atoms with Crippen molar-refractivity contribution in [3.8, 4) is 17.2 Å². The number of benzene rings is 2. The summed E-state index contributed by atoms with van der Waals surface area (Å²) >= 11 is 0. The maximum absolute atomic E-state index is 11.1. The Bertz CT molecular complexity index is 1370. The summed E-state index contributed by atoms with van der Waals surface area (Å²) in [5.74, 6) is 1.44. The number of pyridine rings is 1. The normalized spacial score (nSPS) is 10.7. The van der Waals surface area contributed by atoms with Gasteiger partial charge in [-0.15, -0.1) is 0 Å². The Hall–Kier alpha value is -4.67. The SMILES string of the molecule is COc1cc([N+](=O)[O-])ccc1Nc1nc2cc(Oc3ccnc(CC(N)=O)c3)ccc2n1C. The molecule has 4 aromatic rings. The molecule has 168 valence electrons. The lowest BCUT2D eigenvalue weighted by Gasteiger charge is -2.10. The third-order valence-electron chi connectivity index (χ3n) is 4.87. The molecule has 2 heterocycles. The van der Waals surface area contributed by atoms with Crippen molar-refractivity contribution < 1.29 is 19.2 Å². The summed E-state index contributed by atoms with van der Waals surface area (Å²) in [6, 6.07) is 13.1. The number of nitrogens with two attached hydrogens (primary N) is 1. The summed E-state index contributed by atoms with van der Waals surface area (Å²) in [5, 5.41) is 14.2. The zero-order valence-corrected chi connectivity index (χ0v) is 17.8. The molecule has 2 aromatic heterocycles. The van der Waals surface area contributed by atoms with Crippen LogP contribution in [0.4, 0.5) is 17.3 Å². The maximum Gasteiger partial charge on any atom is 0.273 e. The zero-order valence-electron chi connectivity index (χ0n) is 17.8. The Morgan fingerprint density at radius 3 is 2.70 bits per heavy atom. The van der Waals surface area contributed by atoms with Gasteiger partial charge in [-0.05, 0) is 24.3 Å². The molecule has 0 saturated carbocycles. The van der Waals surface area contributed by atoms with Gasteiger partial charge in [0.15, 0.2) is 0 Å². The minimum Gasteiger partial charge on any atom is -0.494 e. The van der Waals surface area contributed by atoms with E-state index in [1.807, 2.05) is 17.7 Å². The van der Waals surface area contributed by atoms with Gasteiger partial charge in [-0.2, -0.15) is 0 Å². The first kappa shape index (κ1) is 21.6. The number of imidazole rings is 1. The second-order valence-electron chi connectivity index (χ2n) is 7.14. The fourth-order valence-electron chi connectivity index (χ4n) is 3.30. The summed E-state index contributed by atoms with van der Waals surface area (Å²) in [4.78, 5) is 30.4. The average Bonchev–Trinajstić information content (AvgIpc) is 3.08. The molecule has 11 heteroatoms. The van der Waals surface area contributed by atoms with E-state index in [1.54, 1.807) is 36.5 Å². The van der Waals surface area contributed by atoms with Crippen molar-refractivity contribution in [2.75, 3.05) is 12.4 Å². The molecule has 0 aliphatic carbocycles. The molecule has 4 rings (SSSR count). The van der Waals surface area contributed by atoms with Crippen LogP contribution in [0.3, 0.4) is 0 Å². The number of carbonyl (C=O) groups is 1. The molecule has 0 spiro atoms. The fourth-order valence-corrected chi connectivity index (χ4v) is 3.30. The summed E-state index contributed by atoms with van der Waals surface area (Å²) in [6.45, 7) is 0. The van der Waals surface area contributed by atoms with Crippen molar-refractivity contribution in [1.82, 2.24) is 14.5 Å². The smallest absolute Gasteiger partial charge is 0.273 e. The number of hydrogen-bond acceptors (Lipinski definition) is 8. The highest BCUT2D eigenvalue weighted by Crippen LogP contribution is 2.33. The van der Waals surface area contributed by atoms with Gasteiger partial charge in [0.1, 0.15) is 17.2 Å². The fraction of sp³-hybridized carbons (Fsp3) is 0.136. The largest absolute Gasteiger partial charge is 0.494 e. The second-order valence-corrected chi connectivity index (χ2v) is 7.14. The molecule has 0 fully saturated rings. The van der Waals surface area contributed by atoms with Gasteiger partial charge in [0.25, 0.3) is 5.69 Å². The number of fused-ring (bicyclic) bond motifs is 1. The lowest BCUT2D eigenvalue weighted by atomic mass is 10.2. The van der Waals surface area contributed by atoms with Gasteiger partial charge in [0, 0.05) is 31.4 Å². The molecule has 0 atom stereocenters. The molecular weight excluding hydrogens is 428 g/mol. The molecule has 33 heavy (non-hydrogen) atoms. The van der Waals surface area contributed by atoms with E-state index in [9.17, 15) is 14.9 Å². The van der Waals surface area contributed by atoms with Crippen LogP contribution in [0, 0.1) is 10.1 Å². The predicted octanol–water partition coefficient (Wildman–Crippen LogP) is 3.45. The molecule has 0 saturated heterocycles. The number of nitrogens with one attached hydrogen (secondary N) is 1. The first-order valence-electron chi connectivity index (χ1n) is 9.81. The number of ether oxygens (including phenoxy) is 2. The number of aromatic nitrogens is 3. The molecule has 3 N–H and O–H groups in total. The number of hydrogen-bond donors (Lipinski definition) is 2. The number of rotatable bonds is 8. The first-order chi connectivity index (χ1) is 15.8. The van der Waals surface area contributed by atoms with Gasteiger partial charge in [-0.1, -0.05) is 0 Å². The van der Waals surface area contributed by atoms with E-state index in [0.717, 1.165) is 5.52 Å². The van der Waals surface area contributed by atoms with Crippen LogP contribution in [-0.4, -0.2) is 32.5 Å². The summed E-state index contributed by atoms with van der Waals surface area (Å²) < 4.78 is 13.0. The van der Waals surface area contributed by atoms with Crippen LogP contribution in [0.2, 0.25) is 0 Å². The van der Waals surface area contributed by atoms with Crippen LogP contribution in [0.1, 0.15) is 5.69 Å². The van der Waals surface area contributed by atoms with E-state index in [-0.39, 0.29) is 12.1 Å². The molecule has 0 aliphatic rings. The number of methoxy groups -OCH3 is 1. The molecule has 1 amide bonds. The van der Waals surface area contributed by atoms with Gasteiger partial charge >= 0.3 is 0 Å². The first-order valence-corrected chi connectivity index (χ1v) is 9.81. The number of nitro groups is 1. The Morgan fingerprint density at radius 1 is 1.18 bits per heavy atom. The number of nitro benzene ring substituents is 1. The van der Waals surface area contributed by atoms with E-state index >= 15 is 0 Å². The van der Waals surface area contributed by atoms with Crippen LogP contribution < -0.4 is 20.5 Å². The van der Waals surface area contributed by atoms with Crippen molar-refractivity contribution in [2.45, 2.75) is 6.42 Å². The second kappa shape index (κ2) is 8.83. The molecule has 2 aromatic carbocycles. The van der Waals surface area contributed by atoms with Gasteiger partial charge in [0.05, 0.1) is 46.9 Å². The molecule has 0 radical (unpaired) electrons. The number of aryl methyl sites for hydroxylation is 1. The number of anilines is 2. The van der Waals surface area contributed by atoms with E-state index < -0.39 is 10.8 Å². The van der Waals surface area contributed by atoms with Crippen LogP contribution in [0.15, 0.2) is 54.7 Å². The summed E-state index contributed by atoms with van der Waals surface area (Å²) in [6.07, 6.45) is 1.57. The highest BCUT2D eigenvalue weighted by molar-refractivity contribution is 5.82. The molecule has 0 aliphatic heterocycles. The van der Waals surface area contributed by atoms with Crippen LogP contribution >= 0.6 is 0 Å². The quantitative estimate of drug-likeness (QED) is 0.308. The van der Waals surface area contributed by atoms with Gasteiger partial charge in [-0.25, -0.2) is 4.98 Å². The monoisotopic (exact) mass is 448 g/mol. The average molecular weight is 448 g/mol. The van der Waals surface area contributed by atoms with E-state index in [1.165, 1.54) is 19.2 Å². The molecule has 11 nitrogen and oxygen atoms in total. The van der Waals surface area contributed by atoms with E-state index in [2.05, 4.69) is 15.3 Å².